The number of aromatic hydroxyl groups is 1. The number of amides is 5. The summed E-state index contributed by atoms with van der Waals surface area (Å²) in [6, 6.07) is 7.93. The van der Waals surface area contributed by atoms with E-state index in [2.05, 4.69) is 21.3 Å². The summed E-state index contributed by atoms with van der Waals surface area (Å²) >= 11 is 0. The molecule has 0 heterocycles. The van der Waals surface area contributed by atoms with Crippen molar-refractivity contribution >= 4 is 41.5 Å². The number of primary amides is 1. The average molecular weight is 685 g/mol. The molecule has 0 aromatic heterocycles. The van der Waals surface area contributed by atoms with Crippen LogP contribution in [0.15, 0.2) is 54.6 Å². The van der Waals surface area contributed by atoms with Crippen LogP contribution in [0.1, 0.15) is 50.7 Å². The van der Waals surface area contributed by atoms with E-state index in [1.165, 1.54) is 24.3 Å². The van der Waals surface area contributed by atoms with Gasteiger partial charge < -0.3 is 48.1 Å². The zero-order valence-corrected chi connectivity index (χ0v) is 27.3. The highest BCUT2D eigenvalue weighted by molar-refractivity contribution is 5.96. The van der Waals surface area contributed by atoms with Gasteiger partial charge in [-0.2, -0.15) is 0 Å². The molecule has 49 heavy (non-hydrogen) atoms. The van der Waals surface area contributed by atoms with Crippen molar-refractivity contribution in [2.24, 2.45) is 17.4 Å². The molecule has 0 bridgehead atoms. The molecule has 5 atom stereocenters. The van der Waals surface area contributed by atoms with Crippen molar-refractivity contribution in [1.29, 1.82) is 0 Å². The molecule has 0 aliphatic rings. The quantitative estimate of drug-likeness (QED) is 0.0842. The Labute approximate surface area is 283 Å². The van der Waals surface area contributed by atoms with Gasteiger partial charge in [0.15, 0.2) is 0 Å². The molecule has 2 aromatic carbocycles. The van der Waals surface area contributed by atoms with Gasteiger partial charge >= 0.3 is 11.9 Å². The lowest BCUT2D eigenvalue weighted by molar-refractivity contribution is -0.143. The minimum atomic E-state index is -1.51. The van der Waals surface area contributed by atoms with Crippen LogP contribution in [-0.4, -0.2) is 87.0 Å². The third kappa shape index (κ3) is 14.0. The topological polar surface area (TPSA) is 280 Å². The molecular weight excluding hydrogens is 640 g/mol. The number of aliphatic carboxylic acids is 2. The van der Waals surface area contributed by atoms with E-state index in [9.17, 15) is 48.9 Å². The number of carbonyl (C=O) groups excluding carboxylic acids is 5. The zero-order valence-electron chi connectivity index (χ0n) is 27.3. The Bertz CT molecular complexity index is 1470. The first kappa shape index (κ1) is 39.7. The third-order valence-electron chi connectivity index (χ3n) is 7.47. The lowest BCUT2D eigenvalue weighted by atomic mass is 9.99. The second-order valence-electron chi connectivity index (χ2n) is 11.9. The number of hydrogen-bond acceptors (Lipinski definition) is 9. The summed E-state index contributed by atoms with van der Waals surface area (Å²) in [5.41, 5.74) is 12.4. The minimum absolute atomic E-state index is 0.0562. The highest BCUT2D eigenvalue weighted by atomic mass is 16.4. The van der Waals surface area contributed by atoms with Gasteiger partial charge in [0.05, 0.1) is 6.04 Å². The maximum Gasteiger partial charge on any atom is 0.326 e. The number of carbonyl (C=O) groups is 7. The van der Waals surface area contributed by atoms with E-state index in [0.29, 0.717) is 5.56 Å². The molecule has 16 nitrogen and oxygen atoms in total. The SMILES string of the molecule is CC(C)[C@H](NC(=O)[C@H](CCC(=O)O)NC(=O)[C@@H](N)Cc1ccccc1)C(=O)N[C@@H](Cc1ccc(O)cc1)C(=O)N[C@@H](CCC(N)=O)C(=O)O. The molecule has 16 heteroatoms. The lowest BCUT2D eigenvalue weighted by Crippen LogP contribution is -2.60. The van der Waals surface area contributed by atoms with Crippen molar-refractivity contribution in [2.75, 3.05) is 0 Å². The third-order valence-corrected chi connectivity index (χ3v) is 7.47. The van der Waals surface area contributed by atoms with Crippen LogP contribution >= 0.6 is 0 Å². The smallest absolute Gasteiger partial charge is 0.326 e. The number of nitrogens with two attached hydrogens (primary N) is 2. The number of carboxylic acid groups (broad SMARTS) is 2. The van der Waals surface area contributed by atoms with Crippen LogP contribution < -0.4 is 32.7 Å². The van der Waals surface area contributed by atoms with E-state index in [1.54, 1.807) is 44.2 Å². The lowest BCUT2D eigenvalue weighted by Gasteiger charge is -2.28. The standard InChI is InChI=1S/C33H44N6O10/c1-18(2)28(39-30(45)23(13-15-27(42)43)36-29(44)22(34)16-19-6-4-3-5-7-19)32(47)38-25(17-20-8-10-21(40)11-9-20)31(46)37-24(33(48)49)12-14-26(35)41/h3-11,18,22-25,28,40H,12-17,34H2,1-2H3,(H2,35,41)(H,36,44)(H,37,46)(H,38,47)(H,39,45)(H,42,43)(H,48,49)/t22-,23-,24-,25-,28-/m0/s1. The van der Waals surface area contributed by atoms with Crippen LogP contribution in [0.4, 0.5) is 0 Å². The average Bonchev–Trinajstić information content (AvgIpc) is 3.03. The van der Waals surface area contributed by atoms with Gasteiger partial charge in [-0.15, -0.1) is 0 Å². The summed E-state index contributed by atoms with van der Waals surface area (Å²) in [5.74, 6) is -7.41. The highest BCUT2D eigenvalue weighted by Gasteiger charge is 2.33. The number of carboxylic acids is 2. The zero-order chi connectivity index (χ0) is 36.7. The Morgan fingerprint density at radius 2 is 1.18 bits per heavy atom. The van der Waals surface area contributed by atoms with E-state index in [-0.39, 0.29) is 37.9 Å². The number of phenolic OH excluding ortho intramolecular Hbond substituents is 1. The van der Waals surface area contributed by atoms with E-state index >= 15 is 0 Å². The molecule has 0 radical (unpaired) electrons. The number of rotatable bonds is 20. The Hall–Kier alpha value is -5.51. The normalized spacial score (nSPS) is 14.0. The van der Waals surface area contributed by atoms with Gasteiger partial charge in [0, 0.05) is 19.3 Å². The second-order valence-corrected chi connectivity index (χ2v) is 11.9. The van der Waals surface area contributed by atoms with Crippen LogP contribution in [-0.2, 0) is 46.4 Å². The first-order valence-corrected chi connectivity index (χ1v) is 15.6. The number of benzene rings is 2. The predicted molar refractivity (Wildman–Crippen MR) is 175 cm³/mol. The molecule has 2 aromatic rings. The van der Waals surface area contributed by atoms with Crippen LogP contribution in [0.2, 0.25) is 0 Å². The number of nitrogens with one attached hydrogen (secondary N) is 4. The molecule has 0 fully saturated rings. The summed E-state index contributed by atoms with van der Waals surface area (Å²) < 4.78 is 0. The van der Waals surface area contributed by atoms with Gasteiger partial charge in [0.25, 0.3) is 0 Å². The fraction of sp³-hybridized carbons (Fsp3) is 0.424. The van der Waals surface area contributed by atoms with Gasteiger partial charge in [-0.1, -0.05) is 56.3 Å². The van der Waals surface area contributed by atoms with Crippen molar-refractivity contribution < 1.29 is 48.9 Å². The molecule has 0 spiro atoms. The monoisotopic (exact) mass is 684 g/mol. The summed E-state index contributed by atoms with van der Waals surface area (Å²) in [4.78, 5) is 87.6. The summed E-state index contributed by atoms with van der Waals surface area (Å²) in [5, 5.41) is 38.3. The molecule has 266 valence electrons. The van der Waals surface area contributed by atoms with Crippen molar-refractivity contribution in [1.82, 2.24) is 21.3 Å². The fourth-order valence-corrected chi connectivity index (χ4v) is 4.72. The van der Waals surface area contributed by atoms with Gasteiger partial charge in [0.1, 0.15) is 29.9 Å². The molecule has 2 rings (SSSR count). The van der Waals surface area contributed by atoms with Crippen molar-refractivity contribution in [3.63, 3.8) is 0 Å². The predicted octanol–water partition coefficient (Wildman–Crippen LogP) is -0.685. The molecule has 11 N–H and O–H groups in total. The van der Waals surface area contributed by atoms with Gasteiger partial charge in [-0.3, -0.25) is 28.8 Å². The van der Waals surface area contributed by atoms with Crippen LogP contribution in [0, 0.1) is 5.92 Å². The number of phenols is 1. The van der Waals surface area contributed by atoms with Crippen LogP contribution in [0.3, 0.4) is 0 Å². The van der Waals surface area contributed by atoms with Gasteiger partial charge in [-0.05, 0) is 48.4 Å². The first-order valence-electron chi connectivity index (χ1n) is 15.6. The summed E-state index contributed by atoms with van der Waals surface area (Å²) in [7, 11) is 0. The van der Waals surface area contributed by atoms with Gasteiger partial charge in [0.2, 0.25) is 29.5 Å². The van der Waals surface area contributed by atoms with Crippen molar-refractivity contribution in [3.8, 4) is 5.75 Å². The molecule has 0 saturated carbocycles. The molecule has 5 amide bonds. The Morgan fingerprint density at radius 1 is 0.653 bits per heavy atom. The Kier molecular flexibility index (Phi) is 15.7. The fourth-order valence-electron chi connectivity index (χ4n) is 4.72. The Balaban J connectivity index is 2.27. The highest BCUT2D eigenvalue weighted by Crippen LogP contribution is 2.13. The molecular formula is C33H44N6O10. The molecule has 0 aliphatic carbocycles. The molecule has 0 saturated heterocycles. The van der Waals surface area contributed by atoms with E-state index < -0.39 is 84.0 Å². The van der Waals surface area contributed by atoms with Crippen LogP contribution in [0.25, 0.3) is 0 Å². The summed E-state index contributed by atoms with van der Waals surface area (Å²) in [6.45, 7) is 3.20. The summed E-state index contributed by atoms with van der Waals surface area (Å²) in [6.07, 6.45) is -1.45. The van der Waals surface area contributed by atoms with Gasteiger partial charge in [-0.25, -0.2) is 4.79 Å². The number of hydrogen-bond donors (Lipinski definition) is 9. The second kappa shape index (κ2) is 19.3. The maximum absolute atomic E-state index is 13.6. The van der Waals surface area contributed by atoms with Crippen molar-refractivity contribution in [2.45, 2.75) is 82.6 Å². The Morgan fingerprint density at radius 3 is 1.73 bits per heavy atom. The largest absolute Gasteiger partial charge is 0.508 e. The minimum Gasteiger partial charge on any atom is -0.508 e. The van der Waals surface area contributed by atoms with Crippen LogP contribution in [0.5, 0.6) is 5.75 Å². The molecule has 0 unspecified atom stereocenters. The van der Waals surface area contributed by atoms with E-state index in [0.717, 1.165) is 5.56 Å². The van der Waals surface area contributed by atoms with E-state index in [1.807, 2.05) is 0 Å². The van der Waals surface area contributed by atoms with Crippen molar-refractivity contribution in [3.05, 3.63) is 65.7 Å². The maximum atomic E-state index is 13.6. The molecule has 0 aliphatic heterocycles. The first-order chi connectivity index (χ1) is 23.1. The van der Waals surface area contributed by atoms with E-state index in [4.69, 9.17) is 11.5 Å².